The molecule has 2 rings (SSSR count). The van der Waals surface area contributed by atoms with Crippen molar-refractivity contribution < 1.29 is 18.9 Å². The number of nitro groups is 1. The lowest BCUT2D eigenvalue weighted by atomic mass is 10.2. The smallest absolute Gasteiger partial charge is 0.270 e. The SMILES string of the molecule is O=C(CNC(=O)c1ccc([N+](=O)[O-])cc1Cl)Nc1ccccc1F. The van der Waals surface area contributed by atoms with Crippen molar-refractivity contribution in [3.05, 3.63) is 69.0 Å². The topological polar surface area (TPSA) is 101 Å². The number of carbonyl (C=O) groups is 2. The van der Waals surface area contributed by atoms with Gasteiger partial charge in [-0.2, -0.15) is 0 Å². The highest BCUT2D eigenvalue weighted by Gasteiger charge is 2.16. The van der Waals surface area contributed by atoms with Gasteiger partial charge < -0.3 is 10.6 Å². The second-order valence-corrected chi connectivity index (χ2v) is 5.04. The predicted molar refractivity (Wildman–Crippen MR) is 85.5 cm³/mol. The minimum absolute atomic E-state index is 0.00915. The monoisotopic (exact) mass is 351 g/mol. The molecule has 0 spiro atoms. The summed E-state index contributed by atoms with van der Waals surface area (Å²) < 4.78 is 13.4. The van der Waals surface area contributed by atoms with Gasteiger partial charge in [0.1, 0.15) is 5.82 Å². The molecule has 0 aliphatic rings. The predicted octanol–water partition coefficient (Wildman–Crippen LogP) is 2.76. The Labute approximate surface area is 140 Å². The Balaban J connectivity index is 1.97. The number of amides is 2. The van der Waals surface area contributed by atoms with Crippen molar-refractivity contribution in [1.29, 1.82) is 0 Å². The van der Waals surface area contributed by atoms with Gasteiger partial charge in [-0.05, 0) is 18.2 Å². The largest absolute Gasteiger partial charge is 0.343 e. The third-order valence-corrected chi connectivity index (χ3v) is 3.28. The number of rotatable bonds is 5. The van der Waals surface area contributed by atoms with Gasteiger partial charge in [-0.1, -0.05) is 23.7 Å². The first kappa shape index (κ1) is 17.4. The fourth-order valence-corrected chi connectivity index (χ4v) is 2.08. The molecule has 0 bridgehead atoms. The number of carbonyl (C=O) groups excluding carboxylic acids is 2. The summed E-state index contributed by atoms with van der Waals surface area (Å²) >= 11 is 5.82. The average Bonchev–Trinajstić information content (AvgIpc) is 2.54. The van der Waals surface area contributed by atoms with Crippen molar-refractivity contribution in [2.24, 2.45) is 0 Å². The maximum absolute atomic E-state index is 13.4. The van der Waals surface area contributed by atoms with Crippen LogP contribution >= 0.6 is 11.6 Å². The number of non-ortho nitro benzene ring substituents is 1. The summed E-state index contributed by atoms with van der Waals surface area (Å²) in [5.74, 6) is -1.92. The number of nitro benzene ring substituents is 1. The maximum Gasteiger partial charge on any atom is 0.270 e. The van der Waals surface area contributed by atoms with Gasteiger partial charge in [0.05, 0.1) is 27.7 Å². The van der Waals surface area contributed by atoms with Crippen molar-refractivity contribution in [1.82, 2.24) is 5.32 Å². The summed E-state index contributed by atoms with van der Waals surface area (Å²) in [6, 6.07) is 8.94. The van der Waals surface area contributed by atoms with Gasteiger partial charge in [-0.15, -0.1) is 0 Å². The normalized spacial score (nSPS) is 10.1. The summed E-state index contributed by atoms with van der Waals surface area (Å²) in [5, 5.41) is 15.1. The summed E-state index contributed by atoms with van der Waals surface area (Å²) in [7, 11) is 0. The maximum atomic E-state index is 13.4. The van der Waals surface area contributed by atoms with E-state index in [-0.39, 0.29) is 22.0 Å². The minimum Gasteiger partial charge on any atom is -0.343 e. The quantitative estimate of drug-likeness (QED) is 0.638. The highest BCUT2D eigenvalue weighted by Crippen LogP contribution is 2.22. The van der Waals surface area contributed by atoms with E-state index in [1.165, 1.54) is 24.3 Å². The van der Waals surface area contributed by atoms with E-state index in [0.717, 1.165) is 12.1 Å². The molecule has 2 aromatic carbocycles. The Morgan fingerprint density at radius 2 is 1.92 bits per heavy atom. The van der Waals surface area contributed by atoms with E-state index < -0.39 is 29.1 Å². The van der Waals surface area contributed by atoms with Gasteiger partial charge in [-0.3, -0.25) is 19.7 Å². The van der Waals surface area contributed by atoms with E-state index >= 15 is 0 Å². The molecule has 0 saturated heterocycles. The minimum atomic E-state index is -0.682. The molecule has 2 amide bonds. The van der Waals surface area contributed by atoms with Crippen LogP contribution in [0.5, 0.6) is 0 Å². The summed E-state index contributed by atoms with van der Waals surface area (Å²) in [6.45, 7) is -0.416. The second-order valence-electron chi connectivity index (χ2n) is 4.63. The number of hydrogen-bond acceptors (Lipinski definition) is 4. The Hall–Kier alpha value is -3.00. The van der Waals surface area contributed by atoms with Gasteiger partial charge in [0, 0.05) is 12.1 Å². The highest BCUT2D eigenvalue weighted by molar-refractivity contribution is 6.34. The van der Waals surface area contributed by atoms with E-state index in [2.05, 4.69) is 10.6 Å². The van der Waals surface area contributed by atoms with Gasteiger partial charge in [-0.25, -0.2) is 4.39 Å². The number of nitrogens with one attached hydrogen (secondary N) is 2. The lowest BCUT2D eigenvalue weighted by Crippen LogP contribution is -2.33. The molecular formula is C15H11ClFN3O4. The number of benzene rings is 2. The molecule has 0 atom stereocenters. The van der Waals surface area contributed by atoms with Crippen LogP contribution in [0, 0.1) is 15.9 Å². The zero-order valence-corrected chi connectivity index (χ0v) is 12.8. The molecule has 0 aliphatic heterocycles. The number of nitrogens with zero attached hydrogens (tertiary/aromatic N) is 1. The first-order valence-electron chi connectivity index (χ1n) is 6.65. The van der Waals surface area contributed by atoms with E-state index in [9.17, 15) is 24.1 Å². The van der Waals surface area contributed by atoms with E-state index in [1.807, 2.05) is 0 Å². The number of anilines is 1. The Bertz CT molecular complexity index is 813. The average molecular weight is 352 g/mol. The van der Waals surface area contributed by atoms with Crippen LogP contribution in [0.3, 0.4) is 0 Å². The molecule has 0 unspecified atom stereocenters. The van der Waals surface area contributed by atoms with Crippen molar-refractivity contribution >= 4 is 34.8 Å². The molecule has 2 aromatic rings. The zero-order chi connectivity index (χ0) is 17.7. The van der Waals surface area contributed by atoms with Crippen LogP contribution in [0.25, 0.3) is 0 Å². The van der Waals surface area contributed by atoms with Gasteiger partial charge >= 0.3 is 0 Å². The first-order valence-corrected chi connectivity index (χ1v) is 7.03. The van der Waals surface area contributed by atoms with Crippen LogP contribution in [-0.2, 0) is 4.79 Å². The second kappa shape index (κ2) is 7.51. The van der Waals surface area contributed by atoms with Crippen molar-refractivity contribution in [2.75, 3.05) is 11.9 Å². The van der Waals surface area contributed by atoms with Crippen LogP contribution < -0.4 is 10.6 Å². The zero-order valence-electron chi connectivity index (χ0n) is 12.1. The first-order chi connectivity index (χ1) is 11.4. The molecule has 9 heteroatoms. The van der Waals surface area contributed by atoms with Crippen LogP contribution in [0.2, 0.25) is 5.02 Å². The molecule has 124 valence electrons. The number of para-hydroxylation sites is 1. The molecule has 0 saturated carbocycles. The van der Waals surface area contributed by atoms with Gasteiger partial charge in [0.15, 0.2) is 0 Å². The lowest BCUT2D eigenvalue weighted by Gasteiger charge is -2.08. The third-order valence-electron chi connectivity index (χ3n) is 2.97. The van der Waals surface area contributed by atoms with Crippen molar-refractivity contribution in [3.8, 4) is 0 Å². The fourth-order valence-electron chi connectivity index (χ4n) is 1.81. The summed E-state index contributed by atoms with van der Waals surface area (Å²) in [5.41, 5.74) is -0.278. The Morgan fingerprint density at radius 1 is 1.21 bits per heavy atom. The van der Waals surface area contributed by atoms with Crippen LogP contribution in [-0.4, -0.2) is 23.3 Å². The highest BCUT2D eigenvalue weighted by atomic mass is 35.5. The third kappa shape index (κ3) is 4.26. The standard InChI is InChI=1S/C15H11ClFN3O4/c16-11-7-9(20(23)24)5-6-10(11)15(22)18-8-14(21)19-13-4-2-1-3-12(13)17/h1-7H,8H2,(H,18,22)(H,19,21). The molecular weight excluding hydrogens is 341 g/mol. The summed E-state index contributed by atoms with van der Waals surface area (Å²) in [6.07, 6.45) is 0. The molecule has 0 fully saturated rings. The molecule has 0 aliphatic carbocycles. The van der Waals surface area contributed by atoms with E-state index in [1.54, 1.807) is 6.07 Å². The molecule has 0 aromatic heterocycles. The van der Waals surface area contributed by atoms with Crippen LogP contribution in [0.4, 0.5) is 15.8 Å². The van der Waals surface area contributed by atoms with Gasteiger partial charge in [0.2, 0.25) is 5.91 Å². The Morgan fingerprint density at radius 3 is 2.54 bits per heavy atom. The molecule has 0 radical (unpaired) electrons. The molecule has 0 heterocycles. The van der Waals surface area contributed by atoms with Crippen molar-refractivity contribution in [2.45, 2.75) is 0 Å². The van der Waals surface area contributed by atoms with E-state index in [0.29, 0.717) is 0 Å². The molecule has 7 nitrogen and oxygen atoms in total. The summed E-state index contributed by atoms with van der Waals surface area (Å²) in [4.78, 5) is 33.6. The molecule has 2 N–H and O–H groups in total. The number of hydrogen-bond donors (Lipinski definition) is 2. The lowest BCUT2D eigenvalue weighted by molar-refractivity contribution is -0.384. The van der Waals surface area contributed by atoms with E-state index in [4.69, 9.17) is 11.6 Å². The van der Waals surface area contributed by atoms with Crippen LogP contribution in [0.15, 0.2) is 42.5 Å². The fraction of sp³-hybridized carbons (Fsp3) is 0.0667. The number of halogens is 2. The Kier molecular flexibility index (Phi) is 5.43. The van der Waals surface area contributed by atoms with Crippen molar-refractivity contribution in [3.63, 3.8) is 0 Å². The molecule has 24 heavy (non-hydrogen) atoms. The van der Waals surface area contributed by atoms with Crippen LogP contribution in [0.1, 0.15) is 10.4 Å². The van der Waals surface area contributed by atoms with Gasteiger partial charge in [0.25, 0.3) is 11.6 Å².